The third-order valence-corrected chi connectivity index (χ3v) is 3.88. The Labute approximate surface area is 83.5 Å². The average molecular weight is 183 g/mol. The van der Waals surface area contributed by atoms with Crippen LogP contribution in [0.2, 0.25) is 0 Å². The first-order valence-electron chi connectivity index (χ1n) is 6.04. The number of hydrogen-bond donors (Lipinski definition) is 0. The predicted octanol–water partition coefficient (Wildman–Crippen LogP) is 3.44. The SMILES string of the molecule is CCN(CC)C1(CC)CCCCC1. The molecule has 0 atom stereocenters. The standard InChI is InChI=1S/C12H25N/c1-4-12(13(5-2)6-3)10-8-7-9-11-12/h4-11H2,1-3H3. The van der Waals surface area contributed by atoms with Gasteiger partial charge in [-0.2, -0.15) is 0 Å². The van der Waals surface area contributed by atoms with E-state index in [1.54, 1.807) is 0 Å². The normalized spacial score (nSPS) is 22.2. The van der Waals surface area contributed by atoms with Gasteiger partial charge in [-0.05, 0) is 32.4 Å². The van der Waals surface area contributed by atoms with E-state index in [0.717, 1.165) is 0 Å². The van der Waals surface area contributed by atoms with Crippen LogP contribution < -0.4 is 0 Å². The van der Waals surface area contributed by atoms with Gasteiger partial charge in [-0.15, -0.1) is 0 Å². The molecule has 0 amide bonds. The Morgan fingerprint density at radius 3 is 1.85 bits per heavy atom. The van der Waals surface area contributed by atoms with Crippen molar-refractivity contribution in [3.63, 3.8) is 0 Å². The monoisotopic (exact) mass is 183 g/mol. The molecule has 1 fully saturated rings. The third-order valence-electron chi connectivity index (χ3n) is 3.88. The van der Waals surface area contributed by atoms with Crippen LogP contribution >= 0.6 is 0 Å². The summed E-state index contributed by atoms with van der Waals surface area (Å²) in [6.45, 7) is 9.42. The molecule has 1 saturated carbocycles. The van der Waals surface area contributed by atoms with Gasteiger partial charge in [-0.1, -0.05) is 40.0 Å². The van der Waals surface area contributed by atoms with Gasteiger partial charge < -0.3 is 0 Å². The first-order chi connectivity index (χ1) is 6.29. The summed E-state index contributed by atoms with van der Waals surface area (Å²) in [6.07, 6.45) is 8.57. The van der Waals surface area contributed by atoms with Crippen LogP contribution in [0.5, 0.6) is 0 Å². The lowest BCUT2D eigenvalue weighted by Crippen LogP contribution is -2.49. The van der Waals surface area contributed by atoms with Crippen LogP contribution in [0, 0.1) is 0 Å². The molecule has 1 nitrogen and oxygen atoms in total. The molecule has 0 saturated heterocycles. The van der Waals surface area contributed by atoms with E-state index in [0.29, 0.717) is 5.54 Å². The highest BCUT2D eigenvalue weighted by atomic mass is 15.2. The van der Waals surface area contributed by atoms with Crippen LogP contribution in [-0.4, -0.2) is 23.5 Å². The molecule has 78 valence electrons. The van der Waals surface area contributed by atoms with Crippen molar-refractivity contribution in [3.05, 3.63) is 0 Å². The van der Waals surface area contributed by atoms with Crippen LogP contribution in [0.4, 0.5) is 0 Å². The molecule has 0 heterocycles. The molecule has 1 rings (SSSR count). The van der Waals surface area contributed by atoms with Gasteiger partial charge in [0.25, 0.3) is 0 Å². The summed E-state index contributed by atoms with van der Waals surface area (Å²) in [4.78, 5) is 2.69. The lowest BCUT2D eigenvalue weighted by molar-refractivity contribution is 0.0557. The molecule has 0 N–H and O–H groups in total. The first-order valence-corrected chi connectivity index (χ1v) is 6.04. The fraction of sp³-hybridized carbons (Fsp3) is 1.00. The molecule has 0 spiro atoms. The Balaban J connectivity index is 2.64. The molecular formula is C12H25N. The minimum atomic E-state index is 0.571. The van der Waals surface area contributed by atoms with Gasteiger partial charge in [-0.3, -0.25) is 4.90 Å². The molecule has 13 heavy (non-hydrogen) atoms. The van der Waals surface area contributed by atoms with Gasteiger partial charge in [0.2, 0.25) is 0 Å². The molecule has 1 aliphatic carbocycles. The highest BCUT2D eigenvalue weighted by Gasteiger charge is 2.34. The molecule has 0 radical (unpaired) electrons. The van der Waals surface area contributed by atoms with E-state index in [1.807, 2.05) is 0 Å². The summed E-state index contributed by atoms with van der Waals surface area (Å²) in [5.74, 6) is 0. The molecule has 1 heteroatoms. The zero-order chi connectivity index (χ0) is 9.73. The number of nitrogens with zero attached hydrogens (tertiary/aromatic N) is 1. The van der Waals surface area contributed by atoms with Crippen LogP contribution in [0.15, 0.2) is 0 Å². The molecule has 1 aliphatic rings. The molecule has 0 aromatic carbocycles. The summed E-state index contributed by atoms with van der Waals surface area (Å²) in [6, 6.07) is 0. The van der Waals surface area contributed by atoms with Crippen molar-refractivity contribution in [1.29, 1.82) is 0 Å². The van der Waals surface area contributed by atoms with Gasteiger partial charge in [0.15, 0.2) is 0 Å². The second-order valence-corrected chi connectivity index (χ2v) is 4.31. The van der Waals surface area contributed by atoms with Gasteiger partial charge in [-0.25, -0.2) is 0 Å². The number of hydrogen-bond acceptors (Lipinski definition) is 1. The largest absolute Gasteiger partial charge is 0.298 e. The maximum absolute atomic E-state index is 2.69. The zero-order valence-corrected chi connectivity index (χ0v) is 9.60. The van der Waals surface area contributed by atoms with Gasteiger partial charge in [0.05, 0.1) is 0 Å². The van der Waals surface area contributed by atoms with E-state index in [1.165, 1.54) is 51.6 Å². The maximum Gasteiger partial charge on any atom is 0.0206 e. The highest BCUT2D eigenvalue weighted by molar-refractivity contribution is 4.91. The van der Waals surface area contributed by atoms with Crippen LogP contribution in [0.25, 0.3) is 0 Å². The summed E-state index contributed by atoms with van der Waals surface area (Å²) < 4.78 is 0. The molecule has 0 aromatic heterocycles. The van der Waals surface area contributed by atoms with Crippen molar-refractivity contribution < 1.29 is 0 Å². The van der Waals surface area contributed by atoms with Crippen LogP contribution in [0.3, 0.4) is 0 Å². The van der Waals surface area contributed by atoms with Crippen molar-refractivity contribution in [1.82, 2.24) is 4.90 Å². The fourth-order valence-corrected chi connectivity index (χ4v) is 3.00. The van der Waals surface area contributed by atoms with Gasteiger partial charge >= 0.3 is 0 Å². The van der Waals surface area contributed by atoms with E-state index in [2.05, 4.69) is 25.7 Å². The Morgan fingerprint density at radius 2 is 1.46 bits per heavy atom. The van der Waals surface area contributed by atoms with Crippen LogP contribution in [-0.2, 0) is 0 Å². The number of rotatable bonds is 4. The van der Waals surface area contributed by atoms with E-state index in [-0.39, 0.29) is 0 Å². The van der Waals surface area contributed by atoms with Crippen molar-refractivity contribution in [3.8, 4) is 0 Å². The smallest absolute Gasteiger partial charge is 0.0206 e. The quantitative estimate of drug-likeness (QED) is 0.645. The Bertz CT molecular complexity index is 132. The summed E-state index contributed by atoms with van der Waals surface area (Å²) >= 11 is 0. The zero-order valence-electron chi connectivity index (χ0n) is 9.60. The van der Waals surface area contributed by atoms with Crippen molar-refractivity contribution in [2.75, 3.05) is 13.1 Å². The Morgan fingerprint density at radius 1 is 0.923 bits per heavy atom. The summed E-state index contributed by atoms with van der Waals surface area (Å²) in [5, 5.41) is 0. The van der Waals surface area contributed by atoms with Crippen molar-refractivity contribution >= 4 is 0 Å². The first kappa shape index (κ1) is 11.0. The van der Waals surface area contributed by atoms with Gasteiger partial charge in [0, 0.05) is 5.54 Å². The fourth-order valence-electron chi connectivity index (χ4n) is 3.00. The topological polar surface area (TPSA) is 3.24 Å². The van der Waals surface area contributed by atoms with Crippen molar-refractivity contribution in [2.45, 2.75) is 64.8 Å². The van der Waals surface area contributed by atoms with E-state index in [9.17, 15) is 0 Å². The predicted molar refractivity (Wildman–Crippen MR) is 59.0 cm³/mol. The molecule has 0 aromatic rings. The Hall–Kier alpha value is -0.0400. The summed E-state index contributed by atoms with van der Waals surface area (Å²) in [7, 11) is 0. The molecule has 0 bridgehead atoms. The lowest BCUT2D eigenvalue weighted by Gasteiger charge is -2.45. The minimum Gasteiger partial charge on any atom is -0.298 e. The highest BCUT2D eigenvalue weighted by Crippen LogP contribution is 2.35. The van der Waals surface area contributed by atoms with Crippen LogP contribution in [0.1, 0.15) is 59.3 Å². The second-order valence-electron chi connectivity index (χ2n) is 4.31. The maximum atomic E-state index is 2.69. The minimum absolute atomic E-state index is 0.571. The third kappa shape index (κ3) is 2.25. The average Bonchev–Trinajstić information content (AvgIpc) is 2.21. The lowest BCUT2D eigenvalue weighted by atomic mass is 9.78. The van der Waals surface area contributed by atoms with E-state index >= 15 is 0 Å². The van der Waals surface area contributed by atoms with Crippen molar-refractivity contribution in [2.24, 2.45) is 0 Å². The summed E-state index contributed by atoms with van der Waals surface area (Å²) in [5.41, 5.74) is 0.571. The molecule has 0 unspecified atom stereocenters. The van der Waals surface area contributed by atoms with E-state index in [4.69, 9.17) is 0 Å². The molecular weight excluding hydrogens is 158 g/mol. The Kier molecular flexibility index (Phi) is 4.24. The van der Waals surface area contributed by atoms with E-state index < -0.39 is 0 Å². The second kappa shape index (κ2) is 4.99. The molecule has 0 aliphatic heterocycles. The van der Waals surface area contributed by atoms with Gasteiger partial charge in [0.1, 0.15) is 0 Å².